The summed E-state index contributed by atoms with van der Waals surface area (Å²) in [5.41, 5.74) is 1.02. The van der Waals surface area contributed by atoms with Crippen molar-refractivity contribution in [3.63, 3.8) is 0 Å². The fourth-order valence-corrected chi connectivity index (χ4v) is 4.35. The Morgan fingerprint density at radius 3 is 2.65 bits per heavy atom. The van der Waals surface area contributed by atoms with Gasteiger partial charge >= 0.3 is 0 Å². The predicted molar refractivity (Wildman–Crippen MR) is 87.6 cm³/mol. The molecule has 0 aromatic carbocycles. The summed E-state index contributed by atoms with van der Waals surface area (Å²) in [5.74, 6) is 1.38. The molecule has 0 N–H and O–H groups in total. The number of likely N-dealkylation sites (tertiary alicyclic amines) is 1. The Bertz CT molecular complexity index is 400. The summed E-state index contributed by atoms with van der Waals surface area (Å²) in [7, 11) is 4.34. The van der Waals surface area contributed by atoms with E-state index in [0.717, 1.165) is 18.0 Å². The van der Waals surface area contributed by atoms with E-state index in [1.165, 1.54) is 37.5 Å². The number of halogens is 1. The van der Waals surface area contributed by atoms with Crippen molar-refractivity contribution in [2.75, 3.05) is 33.7 Å². The Morgan fingerprint density at radius 2 is 2.15 bits per heavy atom. The van der Waals surface area contributed by atoms with Crippen molar-refractivity contribution in [1.82, 2.24) is 14.8 Å². The average Bonchev–Trinajstić information content (AvgIpc) is 2.90. The van der Waals surface area contributed by atoms with E-state index in [4.69, 9.17) is 11.6 Å². The lowest BCUT2D eigenvalue weighted by Gasteiger charge is -2.37. The molecule has 0 bridgehead atoms. The van der Waals surface area contributed by atoms with Gasteiger partial charge in [0.05, 0.1) is 17.6 Å². The van der Waals surface area contributed by atoms with Gasteiger partial charge in [-0.1, -0.05) is 6.92 Å². The molecule has 2 rings (SSSR count). The van der Waals surface area contributed by atoms with Crippen LogP contribution in [0.3, 0.4) is 0 Å². The van der Waals surface area contributed by atoms with Gasteiger partial charge < -0.3 is 4.90 Å². The zero-order valence-electron chi connectivity index (χ0n) is 12.8. The van der Waals surface area contributed by atoms with Crippen molar-refractivity contribution in [3.05, 3.63) is 16.1 Å². The highest BCUT2D eigenvalue weighted by Crippen LogP contribution is 2.31. The molecule has 0 radical (unpaired) electrons. The molecule has 2 heterocycles. The van der Waals surface area contributed by atoms with E-state index in [9.17, 15) is 0 Å². The van der Waals surface area contributed by atoms with Crippen LogP contribution in [0.1, 0.15) is 42.9 Å². The van der Waals surface area contributed by atoms with Crippen LogP contribution in [-0.2, 0) is 5.88 Å². The number of nitrogens with zero attached hydrogens (tertiary/aromatic N) is 3. The van der Waals surface area contributed by atoms with Gasteiger partial charge in [0.2, 0.25) is 0 Å². The second-order valence-electron chi connectivity index (χ2n) is 5.98. The molecule has 20 heavy (non-hydrogen) atoms. The molecular weight excluding hydrogens is 290 g/mol. The highest BCUT2D eigenvalue weighted by molar-refractivity contribution is 7.09. The lowest BCUT2D eigenvalue weighted by molar-refractivity contribution is 0.117. The van der Waals surface area contributed by atoms with Crippen LogP contribution in [0, 0.1) is 5.92 Å². The molecule has 0 saturated carbocycles. The first-order chi connectivity index (χ1) is 9.63. The third-order valence-electron chi connectivity index (χ3n) is 4.09. The largest absolute Gasteiger partial charge is 0.309 e. The normalized spacial score (nSPS) is 19.6. The van der Waals surface area contributed by atoms with E-state index in [1.807, 2.05) is 0 Å². The van der Waals surface area contributed by atoms with Crippen molar-refractivity contribution in [3.8, 4) is 0 Å². The number of aromatic nitrogens is 1. The molecule has 1 aliphatic heterocycles. The number of piperidine rings is 1. The minimum Gasteiger partial charge on any atom is -0.309 e. The molecule has 0 aliphatic carbocycles. The summed E-state index contributed by atoms with van der Waals surface area (Å²) < 4.78 is 0. The zero-order valence-corrected chi connectivity index (χ0v) is 14.4. The topological polar surface area (TPSA) is 19.4 Å². The van der Waals surface area contributed by atoms with Crippen LogP contribution in [0.15, 0.2) is 5.38 Å². The van der Waals surface area contributed by atoms with Crippen molar-refractivity contribution < 1.29 is 0 Å². The molecule has 5 heteroatoms. The maximum Gasteiger partial charge on any atom is 0.110 e. The molecule has 0 spiro atoms. The van der Waals surface area contributed by atoms with Gasteiger partial charge in [-0.25, -0.2) is 4.98 Å². The average molecular weight is 316 g/mol. The van der Waals surface area contributed by atoms with Gasteiger partial charge in [0, 0.05) is 11.9 Å². The maximum absolute atomic E-state index is 5.87. The lowest BCUT2D eigenvalue weighted by Crippen LogP contribution is -2.39. The minimum absolute atomic E-state index is 0.484. The molecule has 3 nitrogen and oxygen atoms in total. The first-order valence-electron chi connectivity index (χ1n) is 7.53. The van der Waals surface area contributed by atoms with E-state index in [1.54, 1.807) is 11.3 Å². The Balaban J connectivity index is 1.93. The standard InChI is InChI=1S/C15H26ClN3S/c1-4-14(15-17-13(9-16)11-20-15)19-7-5-12(6-8-19)10-18(2)3/h11-12,14H,4-10H2,1-3H3. The summed E-state index contributed by atoms with van der Waals surface area (Å²) in [6.07, 6.45) is 3.75. The summed E-state index contributed by atoms with van der Waals surface area (Å²) in [6.45, 7) is 5.89. The molecule has 0 amide bonds. The van der Waals surface area contributed by atoms with Gasteiger partial charge in [0.25, 0.3) is 0 Å². The molecule has 1 aromatic rings. The van der Waals surface area contributed by atoms with E-state index in [-0.39, 0.29) is 0 Å². The predicted octanol–water partition coefficient (Wildman–Crippen LogP) is 3.61. The van der Waals surface area contributed by atoms with Gasteiger partial charge in [-0.2, -0.15) is 0 Å². The third-order valence-corrected chi connectivity index (χ3v) is 5.36. The van der Waals surface area contributed by atoms with E-state index >= 15 is 0 Å². The zero-order chi connectivity index (χ0) is 14.5. The molecular formula is C15H26ClN3S. The maximum atomic E-state index is 5.87. The van der Waals surface area contributed by atoms with Crippen molar-refractivity contribution in [2.24, 2.45) is 5.92 Å². The monoisotopic (exact) mass is 315 g/mol. The van der Waals surface area contributed by atoms with E-state index < -0.39 is 0 Å². The number of hydrogen-bond donors (Lipinski definition) is 0. The summed E-state index contributed by atoms with van der Waals surface area (Å²) in [6, 6.07) is 0.484. The van der Waals surface area contributed by atoms with Crippen LogP contribution in [0.25, 0.3) is 0 Å². The molecule has 1 saturated heterocycles. The van der Waals surface area contributed by atoms with Crippen molar-refractivity contribution in [1.29, 1.82) is 0 Å². The minimum atomic E-state index is 0.484. The molecule has 1 atom stereocenters. The Hall–Kier alpha value is -0.160. The van der Waals surface area contributed by atoms with Gasteiger partial charge in [0.15, 0.2) is 0 Å². The van der Waals surface area contributed by atoms with Gasteiger partial charge in [-0.05, 0) is 52.4 Å². The lowest BCUT2D eigenvalue weighted by atomic mass is 9.95. The Labute approximate surface area is 131 Å². The van der Waals surface area contributed by atoms with Crippen LogP contribution in [0.2, 0.25) is 0 Å². The summed E-state index contributed by atoms with van der Waals surface area (Å²) >= 11 is 7.63. The second kappa shape index (κ2) is 7.74. The van der Waals surface area contributed by atoms with E-state index in [0.29, 0.717) is 11.9 Å². The SMILES string of the molecule is CCC(c1nc(CCl)cs1)N1CCC(CN(C)C)CC1. The third kappa shape index (κ3) is 4.17. The van der Waals surface area contributed by atoms with Crippen molar-refractivity contribution >= 4 is 22.9 Å². The molecule has 1 unspecified atom stereocenters. The summed E-state index contributed by atoms with van der Waals surface area (Å²) in [4.78, 5) is 9.60. The molecule has 1 fully saturated rings. The summed E-state index contributed by atoms with van der Waals surface area (Å²) in [5, 5.41) is 3.35. The quantitative estimate of drug-likeness (QED) is 0.748. The first kappa shape index (κ1) is 16.2. The fourth-order valence-electron chi connectivity index (χ4n) is 3.09. The number of rotatable bonds is 6. The number of alkyl halides is 1. The highest BCUT2D eigenvalue weighted by atomic mass is 35.5. The van der Waals surface area contributed by atoms with Gasteiger partial charge in [-0.15, -0.1) is 22.9 Å². The van der Waals surface area contributed by atoms with Crippen LogP contribution < -0.4 is 0 Å². The van der Waals surface area contributed by atoms with Crippen LogP contribution in [0.5, 0.6) is 0 Å². The first-order valence-corrected chi connectivity index (χ1v) is 8.94. The fraction of sp³-hybridized carbons (Fsp3) is 0.800. The molecule has 1 aromatic heterocycles. The Morgan fingerprint density at radius 1 is 1.45 bits per heavy atom. The molecule has 1 aliphatic rings. The van der Waals surface area contributed by atoms with Crippen LogP contribution in [0.4, 0.5) is 0 Å². The smallest absolute Gasteiger partial charge is 0.110 e. The number of hydrogen-bond acceptors (Lipinski definition) is 4. The van der Waals surface area contributed by atoms with Crippen molar-refractivity contribution in [2.45, 2.75) is 38.1 Å². The highest BCUT2D eigenvalue weighted by Gasteiger charge is 2.27. The second-order valence-corrected chi connectivity index (χ2v) is 7.13. The van der Waals surface area contributed by atoms with Crippen LogP contribution >= 0.6 is 22.9 Å². The Kier molecular flexibility index (Phi) is 6.27. The van der Waals surface area contributed by atoms with Crippen LogP contribution in [-0.4, -0.2) is 48.5 Å². The van der Waals surface area contributed by atoms with Gasteiger partial charge in [-0.3, -0.25) is 4.90 Å². The molecule has 114 valence electrons. The van der Waals surface area contributed by atoms with Gasteiger partial charge in [0.1, 0.15) is 5.01 Å². The number of thiazole rings is 1. The van der Waals surface area contributed by atoms with E-state index in [2.05, 4.69) is 41.2 Å².